The molecule has 9 nitrogen and oxygen atoms in total. The molecule has 1 atom stereocenters. The maximum absolute atomic E-state index is 13.1. The van der Waals surface area contributed by atoms with Gasteiger partial charge in [-0.2, -0.15) is 13.2 Å². The number of ketones is 1. The molecule has 3 aromatic rings. The molecule has 210 valence electrons. The number of nitrogen functional groups attached to an aromatic ring is 1. The SMILES string of the molecule is COCC(=O)C[C@@H](C)CNc1nccc(C2=C(c3cnc(N)c(OC)c3)N=C(c3ccc(C(F)(F)F)cc3)C2)n1. The Morgan fingerprint density at radius 1 is 1.12 bits per heavy atom. The zero-order valence-electron chi connectivity index (χ0n) is 22.2. The van der Waals surface area contributed by atoms with Crippen molar-refractivity contribution in [1.82, 2.24) is 15.0 Å². The highest BCUT2D eigenvalue weighted by molar-refractivity contribution is 6.16. The number of allylic oxidation sites excluding steroid dienone is 1. The number of benzene rings is 1. The lowest BCUT2D eigenvalue weighted by atomic mass is 9.99. The molecule has 3 heterocycles. The molecule has 1 aromatic carbocycles. The summed E-state index contributed by atoms with van der Waals surface area (Å²) in [6, 6.07) is 8.32. The average Bonchev–Trinajstić information content (AvgIpc) is 3.38. The average molecular weight is 555 g/mol. The maximum atomic E-state index is 13.1. The minimum absolute atomic E-state index is 0.00713. The number of pyridine rings is 1. The van der Waals surface area contributed by atoms with Crippen LogP contribution in [0.4, 0.5) is 24.9 Å². The molecule has 0 bridgehead atoms. The lowest BCUT2D eigenvalue weighted by Crippen LogP contribution is -2.18. The number of nitrogens with two attached hydrogens (primary N) is 1. The van der Waals surface area contributed by atoms with Gasteiger partial charge in [0.05, 0.1) is 29.8 Å². The van der Waals surface area contributed by atoms with E-state index >= 15 is 0 Å². The Kier molecular flexibility index (Phi) is 8.78. The Balaban J connectivity index is 1.64. The van der Waals surface area contributed by atoms with Gasteiger partial charge in [-0.1, -0.05) is 19.1 Å². The third-order valence-electron chi connectivity index (χ3n) is 6.25. The predicted octanol–water partition coefficient (Wildman–Crippen LogP) is 4.90. The first-order chi connectivity index (χ1) is 19.1. The molecule has 0 saturated heterocycles. The van der Waals surface area contributed by atoms with Crippen LogP contribution in [-0.4, -0.2) is 53.8 Å². The van der Waals surface area contributed by atoms with Gasteiger partial charge in [-0.3, -0.25) is 9.79 Å². The van der Waals surface area contributed by atoms with Crippen LogP contribution in [0.15, 0.2) is 53.8 Å². The van der Waals surface area contributed by atoms with Crippen molar-refractivity contribution in [3.63, 3.8) is 0 Å². The van der Waals surface area contributed by atoms with Crippen molar-refractivity contribution < 1.29 is 27.4 Å². The summed E-state index contributed by atoms with van der Waals surface area (Å²) in [5, 5.41) is 3.17. The number of anilines is 2. The molecule has 40 heavy (non-hydrogen) atoms. The smallest absolute Gasteiger partial charge is 0.416 e. The molecule has 1 aliphatic heterocycles. The number of carbonyl (C=O) groups is 1. The summed E-state index contributed by atoms with van der Waals surface area (Å²) < 4.78 is 49.5. The standard InChI is InChI=1S/C28H29F3N6O3/c1-16(10-20(38)15-39-2)13-35-27-33-9-8-22(37-27)21-12-23(17-4-6-19(7-5-17)28(29,30)31)36-25(21)18-11-24(40-3)26(32)34-14-18/h4-9,11,14,16H,10,12-13,15H2,1-3H3,(H2,32,34)(H,33,35,37)/t16-/m1/s1. The zero-order chi connectivity index (χ0) is 28.9. The Bertz CT molecular complexity index is 1440. The summed E-state index contributed by atoms with van der Waals surface area (Å²) in [5.41, 5.74) is 8.77. The number of ether oxygens (including phenoxy) is 2. The second-order valence-electron chi connectivity index (χ2n) is 9.38. The van der Waals surface area contributed by atoms with E-state index < -0.39 is 11.7 Å². The molecule has 0 spiro atoms. The van der Waals surface area contributed by atoms with Crippen molar-refractivity contribution in [3.8, 4) is 5.75 Å². The van der Waals surface area contributed by atoms with Crippen molar-refractivity contribution in [2.45, 2.75) is 25.9 Å². The van der Waals surface area contributed by atoms with Crippen LogP contribution in [0, 0.1) is 5.92 Å². The topological polar surface area (TPSA) is 125 Å². The number of nitrogens with zero attached hydrogens (tertiary/aromatic N) is 4. The van der Waals surface area contributed by atoms with E-state index in [4.69, 9.17) is 20.2 Å². The van der Waals surface area contributed by atoms with Crippen molar-refractivity contribution in [3.05, 3.63) is 71.2 Å². The Hall–Kier alpha value is -4.32. The van der Waals surface area contributed by atoms with E-state index in [1.807, 2.05) is 6.92 Å². The van der Waals surface area contributed by atoms with E-state index in [0.29, 0.717) is 59.3 Å². The van der Waals surface area contributed by atoms with Crippen LogP contribution in [0.2, 0.25) is 0 Å². The molecule has 0 fully saturated rings. The van der Waals surface area contributed by atoms with Gasteiger partial charge < -0.3 is 20.5 Å². The molecule has 1 aliphatic rings. The number of hydrogen-bond donors (Lipinski definition) is 2. The van der Waals surface area contributed by atoms with E-state index in [1.54, 1.807) is 24.5 Å². The van der Waals surface area contributed by atoms with Crippen LogP contribution in [0.1, 0.15) is 42.1 Å². The summed E-state index contributed by atoms with van der Waals surface area (Å²) in [7, 11) is 2.96. The van der Waals surface area contributed by atoms with Crippen molar-refractivity contribution >= 4 is 34.5 Å². The second kappa shape index (κ2) is 12.2. The third-order valence-corrected chi connectivity index (χ3v) is 6.25. The fourth-order valence-corrected chi connectivity index (χ4v) is 4.27. The minimum atomic E-state index is -4.43. The van der Waals surface area contributed by atoms with Gasteiger partial charge in [0.25, 0.3) is 0 Å². The van der Waals surface area contributed by atoms with Gasteiger partial charge in [-0.05, 0) is 35.7 Å². The number of aliphatic imine (C=N–C) groups is 1. The lowest BCUT2D eigenvalue weighted by molar-refractivity contribution is -0.137. The van der Waals surface area contributed by atoms with Gasteiger partial charge in [0.2, 0.25) is 5.95 Å². The van der Waals surface area contributed by atoms with E-state index in [-0.39, 0.29) is 24.1 Å². The third kappa shape index (κ3) is 6.81. The zero-order valence-corrected chi connectivity index (χ0v) is 22.2. The number of Topliss-reactive ketones (excluding diaryl/α,β-unsaturated/α-hetero) is 1. The van der Waals surface area contributed by atoms with Crippen LogP contribution in [-0.2, 0) is 15.7 Å². The normalized spacial score (nSPS) is 14.2. The fourth-order valence-electron chi connectivity index (χ4n) is 4.27. The number of halogens is 3. The highest BCUT2D eigenvalue weighted by Crippen LogP contribution is 2.38. The molecule has 3 N–H and O–H groups in total. The minimum Gasteiger partial charge on any atom is -0.493 e. The fraction of sp³-hybridized carbons (Fsp3) is 0.321. The Labute approximate surface area is 229 Å². The first-order valence-corrected chi connectivity index (χ1v) is 12.4. The second-order valence-corrected chi connectivity index (χ2v) is 9.38. The van der Waals surface area contributed by atoms with Crippen molar-refractivity contribution in [2.75, 3.05) is 38.4 Å². The van der Waals surface area contributed by atoms with Crippen molar-refractivity contribution in [2.24, 2.45) is 10.9 Å². The van der Waals surface area contributed by atoms with E-state index in [2.05, 4.69) is 20.3 Å². The quantitative estimate of drug-likeness (QED) is 0.343. The number of carbonyl (C=O) groups excluding carboxylic acids is 1. The molecule has 2 aromatic heterocycles. The first kappa shape index (κ1) is 28.7. The number of hydrogen-bond acceptors (Lipinski definition) is 9. The first-order valence-electron chi connectivity index (χ1n) is 12.4. The Morgan fingerprint density at radius 2 is 1.88 bits per heavy atom. The molecular weight excluding hydrogens is 525 g/mol. The molecule has 0 saturated carbocycles. The number of alkyl halides is 3. The molecule has 0 unspecified atom stereocenters. The summed E-state index contributed by atoms with van der Waals surface area (Å²) in [4.78, 5) is 29.8. The summed E-state index contributed by atoms with van der Waals surface area (Å²) in [6.45, 7) is 2.48. The number of rotatable bonds is 11. The van der Waals surface area contributed by atoms with Gasteiger partial charge in [0.15, 0.2) is 17.4 Å². The summed E-state index contributed by atoms with van der Waals surface area (Å²) in [6.07, 6.45) is -0.604. The monoisotopic (exact) mass is 554 g/mol. The van der Waals surface area contributed by atoms with Crippen LogP contribution in [0.3, 0.4) is 0 Å². The van der Waals surface area contributed by atoms with Gasteiger partial charge in [0.1, 0.15) is 6.61 Å². The van der Waals surface area contributed by atoms with Crippen LogP contribution in [0.25, 0.3) is 11.3 Å². The molecule has 12 heteroatoms. The highest BCUT2D eigenvalue weighted by Gasteiger charge is 2.31. The van der Waals surface area contributed by atoms with Gasteiger partial charge >= 0.3 is 6.18 Å². The molecule has 4 rings (SSSR count). The van der Waals surface area contributed by atoms with Crippen molar-refractivity contribution in [1.29, 1.82) is 0 Å². The van der Waals surface area contributed by atoms with Gasteiger partial charge in [-0.15, -0.1) is 0 Å². The van der Waals surface area contributed by atoms with E-state index in [9.17, 15) is 18.0 Å². The highest BCUT2D eigenvalue weighted by atomic mass is 19.4. The van der Waals surface area contributed by atoms with E-state index in [0.717, 1.165) is 17.7 Å². The van der Waals surface area contributed by atoms with Crippen LogP contribution in [0.5, 0.6) is 5.75 Å². The van der Waals surface area contributed by atoms with Gasteiger partial charge in [0, 0.05) is 50.0 Å². The molecule has 0 aliphatic carbocycles. The number of aromatic nitrogens is 3. The number of methoxy groups -OCH3 is 2. The maximum Gasteiger partial charge on any atom is 0.416 e. The van der Waals surface area contributed by atoms with Gasteiger partial charge in [-0.25, -0.2) is 15.0 Å². The molecule has 0 amide bonds. The van der Waals surface area contributed by atoms with Crippen LogP contribution < -0.4 is 15.8 Å². The summed E-state index contributed by atoms with van der Waals surface area (Å²) in [5.74, 6) is 0.979. The largest absolute Gasteiger partial charge is 0.493 e. The molecule has 0 radical (unpaired) electrons. The lowest BCUT2D eigenvalue weighted by Gasteiger charge is -2.13. The molecular formula is C28H29F3N6O3. The summed E-state index contributed by atoms with van der Waals surface area (Å²) >= 11 is 0. The van der Waals surface area contributed by atoms with E-state index in [1.165, 1.54) is 26.4 Å². The Morgan fingerprint density at radius 3 is 2.55 bits per heavy atom. The number of nitrogens with one attached hydrogen (secondary N) is 1. The van der Waals surface area contributed by atoms with Crippen LogP contribution >= 0.6 is 0 Å². The predicted molar refractivity (Wildman–Crippen MR) is 146 cm³/mol.